The van der Waals surface area contributed by atoms with Crippen molar-refractivity contribution in [3.63, 3.8) is 0 Å². The molecule has 0 radical (unpaired) electrons. The van der Waals surface area contributed by atoms with Gasteiger partial charge >= 0.3 is 12.3 Å². The van der Waals surface area contributed by atoms with E-state index in [-0.39, 0.29) is 47.0 Å². The predicted molar refractivity (Wildman–Crippen MR) is 131 cm³/mol. The monoisotopic (exact) mass is 502 g/mol. The fraction of sp³-hybridized carbons (Fsp3) is 0.481. The van der Waals surface area contributed by atoms with Gasteiger partial charge in [0.15, 0.2) is 11.5 Å². The zero-order valence-electron chi connectivity index (χ0n) is 21.5. The Morgan fingerprint density at radius 2 is 1.47 bits per heavy atom. The Morgan fingerprint density at radius 3 is 2.06 bits per heavy atom. The number of fused-ring (bicyclic) bond motifs is 1. The average molecular weight is 503 g/mol. The molecule has 0 aromatic heterocycles. The molecule has 3 rings (SSSR count). The third-order valence-electron chi connectivity index (χ3n) is 5.07. The minimum Gasteiger partial charge on any atom is -0.508 e. The van der Waals surface area contributed by atoms with Gasteiger partial charge in [-0.2, -0.15) is 0 Å². The van der Waals surface area contributed by atoms with Gasteiger partial charge in [-0.3, -0.25) is 0 Å². The van der Waals surface area contributed by atoms with E-state index in [2.05, 4.69) is 0 Å². The van der Waals surface area contributed by atoms with Crippen molar-refractivity contribution in [2.24, 2.45) is 10.8 Å². The van der Waals surface area contributed by atoms with Gasteiger partial charge in [0.2, 0.25) is 0 Å². The third kappa shape index (κ3) is 7.69. The highest BCUT2D eigenvalue weighted by Crippen LogP contribution is 2.43. The molecule has 0 spiro atoms. The van der Waals surface area contributed by atoms with Crippen molar-refractivity contribution in [2.75, 3.05) is 13.2 Å². The summed E-state index contributed by atoms with van der Waals surface area (Å²) >= 11 is 0. The summed E-state index contributed by atoms with van der Waals surface area (Å²) in [5, 5.41) is 19.9. The Balaban J connectivity index is 1.83. The van der Waals surface area contributed by atoms with Gasteiger partial charge in [-0.15, -0.1) is 0 Å². The van der Waals surface area contributed by atoms with Crippen LogP contribution in [0.3, 0.4) is 0 Å². The maximum absolute atomic E-state index is 12.4. The Morgan fingerprint density at radius 1 is 0.889 bits per heavy atom. The molecule has 36 heavy (non-hydrogen) atoms. The first kappa shape index (κ1) is 27.0. The largest absolute Gasteiger partial charge is 0.513 e. The van der Waals surface area contributed by atoms with E-state index in [0.717, 1.165) is 0 Å². The Kier molecular flexibility index (Phi) is 7.91. The summed E-state index contributed by atoms with van der Waals surface area (Å²) in [4.78, 5) is 24.6. The van der Waals surface area contributed by atoms with Gasteiger partial charge in [-0.25, -0.2) is 9.59 Å². The van der Waals surface area contributed by atoms with Crippen molar-refractivity contribution in [3.05, 3.63) is 41.5 Å². The molecule has 196 valence electrons. The lowest BCUT2D eigenvalue weighted by atomic mass is 9.96. The third-order valence-corrected chi connectivity index (χ3v) is 5.07. The van der Waals surface area contributed by atoms with Gasteiger partial charge in [0.25, 0.3) is 0 Å². The molecule has 2 N–H and O–H groups in total. The van der Waals surface area contributed by atoms with E-state index in [1.54, 1.807) is 6.07 Å². The molecule has 2 aromatic carbocycles. The average Bonchev–Trinajstić information content (AvgIpc) is 2.76. The van der Waals surface area contributed by atoms with Gasteiger partial charge in [-0.1, -0.05) is 47.6 Å². The number of benzene rings is 2. The molecule has 9 nitrogen and oxygen atoms in total. The standard InChI is InChI=1S/C27H34O9/c1-26(2,3)14-32-24(30)35-21-9-7-16(11-23(21)36-25(31)33-15-27(4,5)6)20-10-8-18-19(29)12-17(28)13-22(18)34-20/h7,9,11-13,20,28-29H,8,10,14-15H2,1-6H3/t20-/m0/s1. The minimum atomic E-state index is -0.945. The number of aromatic hydroxyl groups is 2. The zero-order valence-corrected chi connectivity index (χ0v) is 21.5. The molecule has 0 amide bonds. The number of hydrogen-bond acceptors (Lipinski definition) is 9. The lowest BCUT2D eigenvalue weighted by Gasteiger charge is -2.27. The fourth-order valence-corrected chi connectivity index (χ4v) is 3.37. The number of carbonyl (C=O) groups is 2. The first-order valence-corrected chi connectivity index (χ1v) is 11.7. The van der Waals surface area contributed by atoms with Crippen LogP contribution in [0.4, 0.5) is 9.59 Å². The van der Waals surface area contributed by atoms with Crippen molar-refractivity contribution in [2.45, 2.75) is 60.5 Å². The minimum absolute atomic E-state index is 0.0168. The second kappa shape index (κ2) is 10.6. The van der Waals surface area contributed by atoms with E-state index >= 15 is 0 Å². The first-order chi connectivity index (χ1) is 16.7. The van der Waals surface area contributed by atoms with Crippen LogP contribution < -0.4 is 14.2 Å². The number of ether oxygens (including phenoxy) is 5. The molecule has 0 saturated carbocycles. The highest BCUT2D eigenvalue weighted by molar-refractivity contribution is 5.69. The van der Waals surface area contributed by atoms with Crippen LogP contribution in [0.2, 0.25) is 0 Å². The van der Waals surface area contributed by atoms with Gasteiger partial charge < -0.3 is 33.9 Å². The molecular formula is C27H34O9. The maximum atomic E-state index is 12.4. The SMILES string of the molecule is CC(C)(C)COC(=O)Oc1ccc([C@@H]2CCc3c(O)cc(O)cc3O2)cc1OC(=O)OCC(C)(C)C. The number of phenols is 2. The summed E-state index contributed by atoms with van der Waals surface area (Å²) in [6.07, 6.45) is -1.31. The van der Waals surface area contributed by atoms with Crippen LogP contribution in [0.5, 0.6) is 28.7 Å². The summed E-state index contributed by atoms with van der Waals surface area (Å²) in [6.45, 7) is 11.7. The van der Waals surface area contributed by atoms with Crippen LogP contribution >= 0.6 is 0 Å². The summed E-state index contributed by atoms with van der Waals surface area (Å²) in [5.74, 6) is 0.160. The molecule has 1 aliphatic rings. The second-order valence-corrected chi connectivity index (χ2v) is 11.2. The molecule has 0 unspecified atom stereocenters. The topological polar surface area (TPSA) is 121 Å². The van der Waals surface area contributed by atoms with Crippen molar-refractivity contribution in [1.82, 2.24) is 0 Å². The number of hydrogen-bond donors (Lipinski definition) is 2. The van der Waals surface area contributed by atoms with Crippen LogP contribution in [0.25, 0.3) is 0 Å². The van der Waals surface area contributed by atoms with Gasteiger partial charge in [0, 0.05) is 17.7 Å². The normalized spacial score (nSPS) is 15.3. The molecule has 1 heterocycles. The Hall–Kier alpha value is -3.62. The summed E-state index contributed by atoms with van der Waals surface area (Å²) in [7, 11) is 0. The molecule has 0 saturated heterocycles. The van der Waals surface area contributed by atoms with E-state index in [9.17, 15) is 19.8 Å². The van der Waals surface area contributed by atoms with Crippen molar-refractivity contribution in [3.8, 4) is 28.7 Å². The fourth-order valence-electron chi connectivity index (χ4n) is 3.37. The summed E-state index contributed by atoms with van der Waals surface area (Å²) in [6, 6.07) is 7.40. The van der Waals surface area contributed by atoms with Crippen molar-refractivity contribution >= 4 is 12.3 Å². The van der Waals surface area contributed by atoms with Crippen LogP contribution in [-0.2, 0) is 15.9 Å². The quantitative estimate of drug-likeness (QED) is 0.359. The van der Waals surface area contributed by atoms with E-state index in [4.69, 9.17) is 23.7 Å². The van der Waals surface area contributed by atoms with E-state index in [1.807, 2.05) is 41.5 Å². The van der Waals surface area contributed by atoms with E-state index < -0.39 is 18.4 Å². The highest BCUT2D eigenvalue weighted by Gasteiger charge is 2.27. The molecule has 0 bridgehead atoms. The van der Waals surface area contributed by atoms with Gasteiger partial charge in [0.05, 0.1) is 13.2 Å². The van der Waals surface area contributed by atoms with E-state index in [1.165, 1.54) is 24.3 Å². The van der Waals surface area contributed by atoms with Crippen molar-refractivity contribution < 1.29 is 43.5 Å². The lowest BCUT2D eigenvalue weighted by Crippen LogP contribution is -2.22. The molecule has 9 heteroatoms. The van der Waals surface area contributed by atoms with Crippen LogP contribution in [0, 0.1) is 10.8 Å². The smallest absolute Gasteiger partial charge is 0.508 e. The summed E-state index contributed by atoms with van der Waals surface area (Å²) < 4.78 is 27.1. The predicted octanol–water partition coefficient (Wildman–Crippen LogP) is 6.29. The van der Waals surface area contributed by atoms with Crippen molar-refractivity contribution in [1.29, 1.82) is 0 Å². The number of rotatable bonds is 5. The highest BCUT2D eigenvalue weighted by atomic mass is 16.7. The van der Waals surface area contributed by atoms with Crippen LogP contribution in [0.15, 0.2) is 30.3 Å². The first-order valence-electron chi connectivity index (χ1n) is 11.7. The molecule has 0 fully saturated rings. The lowest BCUT2D eigenvalue weighted by molar-refractivity contribution is 0.0608. The Labute approximate surface area is 210 Å². The molecule has 0 aliphatic carbocycles. The van der Waals surface area contributed by atoms with Crippen LogP contribution in [-0.4, -0.2) is 35.7 Å². The second-order valence-electron chi connectivity index (χ2n) is 11.2. The van der Waals surface area contributed by atoms with E-state index in [0.29, 0.717) is 29.7 Å². The molecule has 1 aliphatic heterocycles. The Bertz CT molecular complexity index is 1110. The molecular weight excluding hydrogens is 468 g/mol. The van der Waals surface area contributed by atoms with Gasteiger partial charge in [0.1, 0.15) is 23.4 Å². The molecule has 2 aromatic rings. The number of phenolic OH excluding ortho intramolecular Hbond substituents is 2. The van der Waals surface area contributed by atoms with Gasteiger partial charge in [-0.05, 0) is 41.4 Å². The zero-order chi connectivity index (χ0) is 26.7. The number of carbonyl (C=O) groups excluding carboxylic acids is 2. The maximum Gasteiger partial charge on any atom is 0.513 e. The summed E-state index contributed by atoms with van der Waals surface area (Å²) in [5.41, 5.74) is 0.721. The molecule has 1 atom stereocenters. The van der Waals surface area contributed by atoms with Crippen LogP contribution in [0.1, 0.15) is 65.2 Å².